The Morgan fingerprint density at radius 3 is 2.87 bits per heavy atom. The normalized spacial score (nSPS) is 20.3. The molecule has 0 bridgehead atoms. The molecule has 0 aliphatic carbocycles. The summed E-state index contributed by atoms with van der Waals surface area (Å²) < 4.78 is 14.6. The molecule has 2 aromatic heterocycles. The van der Waals surface area contributed by atoms with Crippen molar-refractivity contribution in [2.24, 2.45) is 0 Å². The Balaban J connectivity index is 1.46. The van der Waals surface area contributed by atoms with E-state index in [0.29, 0.717) is 18.8 Å². The number of aromatic nitrogens is 3. The molecule has 3 heterocycles. The fourth-order valence-electron chi connectivity index (χ4n) is 3.52. The van der Waals surface area contributed by atoms with Crippen LogP contribution in [0.1, 0.15) is 18.4 Å². The Morgan fingerprint density at radius 1 is 1.33 bits per heavy atom. The molecule has 158 valence electrons. The van der Waals surface area contributed by atoms with Crippen molar-refractivity contribution in [1.82, 2.24) is 25.4 Å². The van der Waals surface area contributed by atoms with Gasteiger partial charge >= 0.3 is 6.03 Å². The minimum Gasteiger partial charge on any atom is -0.321 e. The highest BCUT2D eigenvalue weighted by Crippen LogP contribution is 2.27. The molecule has 30 heavy (non-hydrogen) atoms. The number of pyridine rings is 1. The van der Waals surface area contributed by atoms with Gasteiger partial charge in [0.2, 0.25) is 0 Å². The van der Waals surface area contributed by atoms with Gasteiger partial charge in [-0.15, -0.1) is 10.2 Å². The van der Waals surface area contributed by atoms with E-state index in [1.807, 2.05) is 38.1 Å². The van der Waals surface area contributed by atoms with E-state index in [-0.39, 0.29) is 22.7 Å². The number of fused-ring (bicyclic) bond motifs is 1. The second-order valence-electron chi connectivity index (χ2n) is 7.33. The first-order chi connectivity index (χ1) is 14.4. The van der Waals surface area contributed by atoms with Crippen molar-refractivity contribution in [1.29, 1.82) is 0 Å². The smallest absolute Gasteiger partial charge is 0.321 e. The van der Waals surface area contributed by atoms with Gasteiger partial charge in [0.1, 0.15) is 22.0 Å². The van der Waals surface area contributed by atoms with E-state index in [9.17, 15) is 9.18 Å². The number of nitrogens with one attached hydrogen (secondary N) is 2. The first kappa shape index (κ1) is 21.3. The lowest BCUT2D eigenvalue weighted by Crippen LogP contribution is -2.54. The highest BCUT2D eigenvalue weighted by molar-refractivity contribution is 14.1. The number of carbonyl (C=O) groups excluding carboxylic acids is 1. The second kappa shape index (κ2) is 9.06. The van der Waals surface area contributed by atoms with Crippen LogP contribution in [0.4, 0.5) is 15.0 Å². The third-order valence-electron chi connectivity index (χ3n) is 5.00. The standard InChI is InChI=1S/C20H22FIN6OS/c1-11(22)24-17-5-6-28(10-16(17)21)20(29)25-18-8-15-7-13(3-4-14(15)9-23-18)19-27-26-12(2)30-19/h3-4,7-9,11,16-17,24H,5-6,10H2,1-2H3,(H,23,25,29)/t11?,16-,17-/m1/s1. The molecule has 7 nitrogen and oxygen atoms in total. The summed E-state index contributed by atoms with van der Waals surface area (Å²) in [5.41, 5.74) is 0.968. The molecule has 0 spiro atoms. The molecule has 0 saturated carbocycles. The number of halogens is 2. The van der Waals surface area contributed by atoms with Gasteiger partial charge in [0, 0.05) is 29.7 Å². The monoisotopic (exact) mass is 540 g/mol. The average Bonchev–Trinajstić information content (AvgIpc) is 3.15. The Hall–Kier alpha value is -1.92. The molecule has 4 rings (SSSR count). The maximum atomic E-state index is 14.5. The maximum absolute atomic E-state index is 14.5. The minimum atomic E-state index is -1.09. The highest BCUT2D eigenvalue weighted by atomic mass is 127. The third-order valence-corrected chi connectivity index (χ3v) is 6.25. The second-order valence-corrected chi connectivity index (χ2v) is 10.4. The van der Waals surface area contributed by atoms with Crippen LogP contribution in [-0.2, 0) is 0 Å². The molecule has 1 aliphatic rings. The Morgan fingerprint density at radius 2 is 2.17 bits per heavy atom. The molecular formula is C20H22FIN6OS. The lowest BCUT2D eigenvalue weighted by molar-refractivity contribution is 0.122. The molecule has 1 unspecified atom stereocenters. The lowest BCUT2D eigenvalue weighted by atomic mass is 10.0. The van der Waals surface area contributed by atoms with Gasteiger partial charge in [-0.25, -0.2) is 14.2 Å². The number of anilines is 1. The number of amides is 2. The lowest BCUT2D eigenvalue weighted by Gasteiger charge is -2.35. The van der Waals surface area contributed by atoms with Crippen LogP contribution in [0.15, 0.2) is 30.5 Å². The summed E-state index contributed by atoms with van der Waals surface area (Å²) in [7, 11) is 0. The zero-order chi connectivity index (χ0) is 21.3. The molecule has 3 aromatic rings. The molecular weight excluding hydrogens is 518 g/mol. The SMILES string of the molecule is Cc1nnc(-c2ccc3cnc(NC(=O)N4CC[C@@H](NC(C)I)[C@H](F)C4)cc3c2)s1. The van der Waals surface area contributed by atoms with E-state index in [1.165, 1.54) is 16.2 Å². The van der Waals surface area contributed by atoms with Gasteiger partial charge in [-0.05, 0) is 37.8 Å². The van der Waals surface area contributed by atoms with E-state index in [4.69, 9.17) is 0 Å². The van der Waals surface area contributed by atoms with Crippen molar-refractivity contribution in [2.75, 3.05) is 18.4 Å². The summed E-state index contributed by atoms with van der Waals surface area (Å²) in [6, 6.07) is 7.23. The van der Waals surface area contributed by atoms with Gasteiger partial charge in [0.15, 0.2) is 0 Å². The Labute approximate surface area is 191 Å². The Kier molecular flexibility index (Phi) is 6.44. The van der Waals surface area contributed by atoms with Gasteiger partial charge in [0.05, 0.1) is 10.6 Å². The summed E-state index contributed by atoms with van der Waals surface area (Å²) in [6.45, 7) is 4.47. The first-order valence-electron chi connectivity index (χ1n) is 9.69. The number of nitrogens with zero attached hydrogens (tertiary/aromatic N) is 4. The van der Waals surface area contributed by atoms with Crippen molar-refractivity contribution < 1.29 is 9.18 Å². The molecule has 1 aliphatic heterocycles. The predicted octanol–water partition coefficient (Wildman–Crippen LogP) is 4.38. The number of aryl methyl sites for hydroxylation is 1. The molecule has 1 aromatic carbocycles. The summed E-state index contributed by atoms with van der Waals surface area (Å²) in [5.74, 6) is 0.439. The van der Waals surface area contributed by atoms with Crippen molar-refractivity contribution in [2.45, 2.75) is 36.5 Å². The third kappa shape index (κ3) is 4.86. The van der Waals surface area contributed by atoms with Crippen LogP contribution in [-0.4, -0.2) is 55.5 Å². The number of urea groups is 1. The van der Waals surface area contributed by atoms with Crippen LogP contribution in [0.5, 0.6) is 0 Å². The summed E-state index contributed by atoms with van der Waals surface area (Å²) in [6.07, 6.45) is 1.21. The number of carbonyl (C=O) groups is 1. The van der Waals surface area contributed by atoms with E-state index in [2.05, 4.69) is 48.4 Å². The van der Waals surface area contributed by atoms with E-state index < -0.39 is 6.17 Å². The van der Waals surface area contributed by atoms with Gasteiger partial charge in [-0.1, -0.05) is 46.1 Å². The number of hydrogen-bond donors (Lipinski definition) is 2. The maximum Gasteiger partial charge on any atom is 0.323 e. The van der Waals surface area contributed by atoms with Gasteiger partial charge in [-0.3, -0.25) is 10.6 Å². The zero-order valence-electron chi connectivity index (χ0n) is 16.6. The average molecular weight is 540 g/mol. The summed E-state index contributed by atoms with van der Waals surface area (Å²) in [5, 5.41) is 17.9. The van der Waals surface area contributed by atoms with Crippen LogP contribution in [0.2, 0.25) is 0 Å². The molecule has 10 heteroatoms. The van der Waals surface area contributed by atoms with E-state index >= 15 is 0 Å². The summed E-state index contributed by atoms with van der Waals surface area (Å²) in [4.78, 5) is 18.5. The van der Waals surface area contributed by atoms with Crippen LogP contribution in [0.3, 0.4) is 0 Å². The van der Waals surface area contributed by atoms with E-state index in [0.717, 1.165) is 26.4 Å². The van der Waals surface area contributed by atoms with Crippen molar-refractivity contribution >= 4 is 56.5 Å². The van der Waals surface area contributed by atoms with Gasteiger partial charge in [-0.2, -0.15) is 0 Å². The first-order valence-corrected chi connectivity index (χ1v) is 11.8. The van der Waals surface area contributed by atoms with E-state index in [1.54, 1.807) is 6.20 Å². The van der Waals surface area contributed by atoms with Gasteiger partial charge in [0.25, 0.3) is 0 Å². The van der Waals surface area contributed by atoms with Crippen LogP contribution >= 0.6 is 33.9 Å². The van der Waals surface area contributed by atoms with Crippen molar-refractivity contribution in [3.63, 3.8) is 0 Å². The topological polar surface area (TPSA) is 83.0 Å². The molecule has 2 N–H and O–H groups in total. The molecule has 1 saturated heterocycles. The largest absolute Gasteiger partial charge is 0.323 e. The van der Waals surface area contributed by atoms with Crippen LogP contribution in [0.25, 0.3) is 21.3 Å². The molecule has 1 fully saturated rings. The highest BCUT2D eigenvalue weighted by Gasteiger charge is 2.32. The summed E-state index contributed by atoms with van der Waals surface area (Å²) >= 11 is 3.75. The van der Waals surface area contributed by atoms with Crippen molar-refractivity contribution in [3.8, 4) is 10.6 Å². The Bertz CT molecular complexity index is 1060. The fraction of sp³-hybridized carbons (Fsp3) is 0.400. The number of benzene rings is 1. The predicted molar refractivity (Wildman–Crippen MR) is 126 cm³/mol. The number of rotatable bonds is 4. The van der Waals surface area contributed by atoms with Crippen molar-refractivity contribution in [3.05, 3.63) is 35.5 Å². The number of alkyl halides is 2. The minimum absolute atomic E-state index is 0.0704. The number of likely N-dealkylation sites (tertiary alicyclic amines) is 1. The van der Waals surface area contributed by atoms with Gasteiger partial charge < -0.3 is 4.90 Å². The quantitative estimate of drug-likeness (QED) is 0.292. The molecule has 2 amide bonds. The zero-order valence-corrected chi connectivity index (χ0v) is 19.6. The van der Waals surface area contributed by atoms with Crippen LogP contribution < -0.4 is 10.6 Å². The number of piperidine rings is 1. The molecule has 3 atom stereocenters. The molecule has 0 radical (unpaired) electrons. The van der Waals surface area contributed by atoms with Crippen LogP contribution in [0, 0.1) is 6.92 Å². The fourth-order valence-corrected chi connectivity index (χ4v) is 4.67. The number of hydrogen-bond acceptors (Lipinski definition) is 6.